The summed E-state index contributed by atoms with van der Waals surface area (Å²) >= 11 is 4.82. The van der Waals surface area contributed by atoms with Gasteiger partial charge >= 0.3 is 0 Å². The van der Waals surface area contributed by atoms with Crippen LogP contribution in [-0.4, -0.2) is 10.9 Å². The summed E-state index contributed by atoms with van der Waals surface area (Å²) in [6.07, 6.45) is 1.59. The quantitative estimate of drug-likeness (QED) is 0.720. The fraction of sp³-hybridized carbons (Fsp3) is 0.125. The van der Waals surface area contributed by atoms with Gasteiger partial charge in [-0.05, 0) is 36.8 Å². The van der Waals surface area contributed by atoms with Crippen LogP contribution in [0.5, 0.6) is 0 Å². The summed E-state index contributed by atoms with van der Waals surface area (Å²) in [7, 11) is 0. The Morgan fingerprint density at radius 2 is 2.23 bits per heavy atom. The van der Waals surface area contributed by atoms with Crippen molar-refractivity contribution >= 4 is 33.2 Å². The SMILES string of the molecule is CC(NC(=O)c1csc(-c2ccco2)n1)c1cccc(Br)c1. The predicted octanol–water partition coefficient (Wildman–Crippen LogP) is 4.66. The zero-order valence-corrected chi connectivity index (χ0v) is 14.1. The van der Waals surface area contributed by atoms with Crippen molar-refractivity contribution in [3.63, 3.8) is 0 Å². The fourth-order valence-electron chi connectivity index (χ4n) is 2.02. The van der Waals surface area contributed by atoms with Crippen molar-refractivity contribution in [1.82, 2.24) is 10.3 Å². The van der Waals surface area contributed by atoms with Crippen LogP contribution in [0.15, 0.2) is 56.9 Å². The number of aromatic nitrogens is 1. The van der Waals surface area contributed by atoms with E-state index in [-0.39, 0.29) is 11.9 Å². The third-order valence-corrected chi connectivity index (χ3v) is 4.52. The van der Waals surface area contributed by atoms with Crippen molar-refractivity contribution in [1.29, 1.82) is 0 Å². The number of hydrogen-bond donors (Lipinski definition) is 1. The Balaban J connectivity index is 1.72. The monoisotopic (exact) mass is 376 g/mol. The molecule has 0 fully saturated rings. The van der Waals surface area contributed by atoms with Crippen LogP contribution in [0.4, 0.5) is 0 Å². The molecule has 0 aliphatic carbocycles. The molecule has 1 N–H and O–H groups in total. The highest BCUT2D eigenvalue weighted by atomic mass is 79.9. The zero-order valence-electron chi connectivity index (χ0n) is 11.7. The summed E-state index contributed by atoms with van der Waals surface area (Å²) in [4.78, 5) is 16.6. The van der Waals surface area contributed by atoms with E-state index in [1.165, 1.54) is 11.3 Å². The van der Waals surface area contributed by atoms with Gasteiger partial charge in [0.1, 0.15) is 5.69 Å². The van der Waals surface area contributed by atoms with E-state index in [2.05, 4.69) is 26.2 Å². The summed E-state index contributed by atoms with van der Waals surface area (Å²) in [5.74, 6) is 0.477. The third-order valence-electron chi connectivity index (χ3n) is 3.17. The molecule has 0 saturated carbocycles. The van der Waals surface area contributed by atoms with E-state index in [9.17, 15) is 4.79 Å². The number of thiazole rings is 1. The lowest BCUT2D eigenvalue weighted by Gasteiger charge is -2.13. The van der Waals surface area contributed by atoms with Gasteiger partial charge in [0.15, 0.2) is 10.8 Å². The molecule has 1 atom stereocenters. The van der Waals surface area contributed by atoms with Gasteiger partial charge in [0, 0.05) is 9.85 Å². The topological polar surface area (TPSA) is 55.1 Å². The van der Waals surface area contributed by atoms with Gasteiger partial charge < -0.3 is 9.73 Å². The molecule has 1 unspecified atom stereocenters. The summed E-state index contributed by atoms with van der Waals surface area (Å²) in [6, 6.07) is 11.4. The average Bonchev–Trinajstić information content (AvgIpc) is 3.18. The smallest absolute Gasteiger partial charge is 0.271 e. The zero-order chi connectivity index (χ0) is 15.5. The van der Waals surface area contributed by atoms with Crippen LogP contribution < -0.4 is 5.32 Å². The number of rotatable bonds is 4. The molecule has 2 heterocycles. The van der Waals surface area contributed by atoms with Crippen molar-refractivity contribution in [3.8, 4) is 10.8 Å². The Bertz CT molecular complexity index is 783. The third kappa shape index (κ3) is 3.28. The van der Waals surface area contributed by atoms with Gasteiger partial charge in [-0.2, -0.15) is 0 Å². The number of nitrogens with one attached hydrogen (secondary N) is 1. The van der Waals surface area contributed by atoms with Crippen molar-refractivity contribution < 1.29 is 9.21 Å². The second kappa shape index (κ2) is 6.46. The van der Waals surface area contributed by atoms with Crippen LogP contribution in [-0.2, 0) is 0 Å². The van der Waals surface area contributed by atoms with Crippen LogP contribution in [0.2, 0.25) is 0 Å². The Morgan fingerprint density at radius 3 is 2.95 bits per heavy atom. The standard InChI is InChI=1S/C16H13BrN2O2S/c1-10(11-4-2-5-12(17)8-11)18-15(20)13-9-22-16(19-13)14-6-3-7-21-14/h2-10H,1H3,(H,18,20). The Morgan fingerprint density at radius 1 is 1.36 bits per heavy atom. The minimum atomic E-state index is -0.193. The van der Waals surface area contributed by atoms with E-state index in [0.29, 0.717) is 16.5 Å². The first kappa shape index (κ1) is 15.0. The molecule has 112 valence electrons. The number of nitrogens with zero attached hydrogens (tertiary/aromatic N) is 1. The Hall–Kier alpha value is -1.92. The summed E-state index contributed by atoms with van der Waals surface area (Å²) < 4.78 is 6.27. The van der Waals surface area contributed by atoms with Crippen LogP contribution in [0.25, 0.3) is 10.8 Å². The molecule has 4 nitrogen and oxygen atoms in total. The number of benzene rings is 1. The van der Waals surface area contributed by atoms with Crippen LogP contribution in [0.3, 0.4) is 0 Å². The number of halogens is 1. The predicted molar refractivity (Wildman–Crippen MR) is 89.8 cm³/mol. The first-order valence-corrected chi connectivity index (χ1v) is 8.36. The van der Waals surface area contributed by atoms with Crippen molar-refractivity contribution in [2.45, 2.75) is 13.0 Å². The lowest BCUT2D eigenvalue weighted by molar-refractivity contribution is 0.0935. The van der Waals surface area contributed by atoms with E-state index in [4.69, 9.17) is 4.42 Å². The maximum absolute atomic E-state index is 12.3. The maximum Gasteiger partial charge on any atom is 0.271 e. The molecule has 6 heteroatoms. The molecule has 1 amide bonds. The molecule has 0 spiro atoms. The van der Waals surface area contributed by atoms with E-state index < -0.39 is 0 Å². The largest absolute Gasteiger partial charge is 0.462 e. The van der Waals surface area contributed by atoms with Crippen molar-refractivity contribution in [2.24, 2.45) is 0 Å². The van der Waals surface area contributed by atoms with Gasteiger partial charge in [-0.3, -0.25) is 4.79 Å². The molecule has 0 radical (unpaired) electrons. The van der Waals surface area contributed by atoms with Crippen LogP contribution in [0, 0.1) is 0 Å². The minimum absolute atomic E-state index is 0.0984. The number of carbonyl (C=O) groups is 1. The van der Waals surface area contributed by atoms with Gasteiger partial charge in [0.2, 0.25) is 0 Å². The molecule has 0 aliphatic heterocycles. The first-order chi connectivity index (χ1) is 10.6. The highest BCUT2D eigenvalue weighted by Crippen LogP contribution is 2.24. The summed E-state index contributed by atoms with van der Waals surface area (Å²) in [5.41, 5.74) is 1.43. The molecule has 3 aromatic rings. The van der Waals surface area contributed by atoms with Crippen LogP contribution in [0.1, 0.15) is 29.0 Å². The number of hydrogen-bond acceptors (Lipinski definition) is 4. The molecule has 0 aliphatic rings. The van der Waals surface area contributed by atoms with E-state index in [1.54, 1.807) is 17.7 Å². The van der Waals surface area contributed by atoms with Crippen molar-refractivity contribution in [3.05, 3.63) is 63.8 Å². The first-order valence-electron chi connectivity index (χ1n) is 6.69. The van der Waals surface area contributed by atoms with E-state index >= 15 is 0 Å². The number of furan rings is 1. The van der Waals surface area contributed by atoms with E-state index in [0.717, 1.165) is 10.0 Å². The molecule has 2 aromatic heterocycles. The van der Waals surface area contributed by atoms with Gasteiger partial charge in [-0.1, -0.05) is 28.1 Å². The van der Waals surface area contributed by atoms with Gasteiger partial charge in [-0.25, -0.2) is 4.98 Å². The molecule has 0 bridgehead atoms. The summed E-state index contributed by atoms with van der Waals surface area (Å²) in [5, 5.41) is 5.39. The highest BCUT2D eigenvalue weighted by Gasteiger charge is 2.16. The number of carbonyl (C=O) groups excluding carboxylic acids is 1. The lowest BCUT2D eigenvalue weighted by atomic mass is 10.1. The molecule has 22 heavy (non-hydrogen) atoms. The normalized spacial score (nSPS) is 12.1. The molecule has 0 saturated heterocycles. The van der Waals surface area contributed by atoms with Crippen molar-refractivity contribution in [2.75, 3.05) is 0 Å². The highest BCUT2D eigenvalue weighted by molar-refractivity contribution is 9.10. The molecular formula is C16H13BrN2O2S. The molecule has 1 aromatic carbocycles. The van der Waals surface area contributed by atoms with Gasteiger partial charge in [-0.15, -0.1) is 11.3 Å². The second-order valence-electron chi connectivity index (χ2n) is 4.77. The fourth-order valence-corrected chi connectivity index (χ4v) is 3.20. The maximum atomic E-state index is 12.3. The minimum Gasteiger partial charge on any atom is -0.462 e. The van der Waals surface area contributed by atoms with Gasteiger partial charge in [0.25, 0.3) is 5.91 Å². The van der Waals surface area contributed by atoms with Gasteiger partial charge in [0.05, 0.1) is 12.3 Å². The van der Waals surface area contributed by atoms with E-state index in [1.807, 2.05) is 37.3 Å². The number of amides is 1. The molecule has 3 rings (SSSR count). The summed E-state index contributed by atoms with van der Waals surface area (Å²) in [6.45, 7) is 1.94. The Labute approximate surface area is 140 Å². The molecular weight excluding hydrogens is 364 g/mol. The second-order valence-corrected chi connectivity index (χ2v) is 6.54. The average molecular weight is 377 g/mol. The Kier molecular flexibility index (Phi) is 4.40. The lowest BCUT2D eigenvalue weighted by Crippen LogP contribution is -2.26. The van der Waals surface area contributed by atoms with Crippen LogP contribution >= 0.6 is 27.3 Å².